The molecule has 1 N–H and O–H groups in total. The molecular weight excluding hydrogens is 556 g/mol. The van der Waals surface area contributed by atoms with Crippen molar-refractivity contribution in [1.82, 2.24) is 10.1 Å². The minimum atomic E-state index is -1.95. The Kier molecular flexibility index (Phi) is 8.02. The summed E-state index contributed by atoms with van der Waals surface area (Å²) in [6, 6.07) is 12.1. The second-order valence-electron chi connectivity index (χ2n) is 11.4. The average Bonchev–Trinajstić information content (AvgIpc) is 3.41. The van der Waals surface area contributed by atoms with E-state index >= 15 is 0 Å². The lowest BCUT2D eigenvalue weighted by Gasteiger charge is -2.35. The first kappa shape index (κ1) is 29.2. The molecule has 0 saturated heterocycles. The Morgan fingerprint density at radius 1 is 1.05 bits per heavy atom. The molecule has 2 aromatic carbocycles. The zero-order valence-corrected chi connectivity index (χ0v) is 25.9. The van der Waals surface area contributed by atoms with E-state index in [1.807, 2.05) is 6.07 Å². The van der Waals surface area contributed by atoms with Crippen LogP contribution in [0.4, 0.5) is 16.3 Å². The zero-order valence-electron chi connectivity index (χ0n) is 24.9. The molecule has 0 radical (unpaired) electrons. The predicted molar refractivity (Wildman–Crippen MR) is 162 cm³/mol. The summed E-state index contributed by atoms with van der Waals surface area (Å²) in [6.07, 6.45) is 1.67. The molecule has 1 aliphatic heterocycles. The number of ether oxygens (including phenoxy) is 4. The SMILES string of the molecule is COc1cc2nccc(Oc3ccc4c(c3)OCCN4C(=O)Nc3cc(CO[Si](C)(C)C(C)(C)C)on3)c2cc1OC. The van der Waals surface area contributed by atoms with Crippen molar-refractivity contribution in [3.63, 3.8) is 0 Å². The summed E-state index contributed by atoms with van der Waals surface area (Å²) in [6.45, 7) is 11.9. The van der Waals surface area contributed by atoms with Gasteiger partial charge in [0.2, 0.25) is 0 Å². The van der Waals surface area contributed by atoms with Crippen LogP contribution in [-0.4, -0.2) is 51.9 Å². The van der Waals surface area contributed by atoms with E-state index < -0.39 is 8.32 Å². The van der Waals surface area contributed by atoms with Crippen molar-refractivity contribution in [2.24, 2.45) is 0 Å². The molecule has 0 atom stereocenters. The number of rotatable bonds is 8. The highest BCUT2D eigenvalue weighted by molar-refractivity contribution is 6.74. The van der Waals surface area contributed by atoms with Gasteiger partial charge in [-0.05, 0) is 42.4 Å². The number of nitrogens with one attached hydrogen (secondary N) is 1. The van der Waals surface area contributed by atoms with Crippen LogP contribution < -0.4 is 29.2 Å². The minimum Gasteiger partial charge on any atom is -0.493 e. The molecule has 5 rings (SSSR count). The molecule has 2 amide bonds. The summed E-state index contributed by atoms with van der Waals surface area (Å²) in [7, 11) is 1.21. The van der Waals surface area contributed by atoms with E-state index in [1.54, 1.807) is 61.7 Å². The molecule has 0 bridgehead atoms. The Bertz CT molecular complexity index is 1600. The number of fused-ring (bicyclic) bond motifs is 2. The van der Waals surface area contributed by atoms with E-state index in [0.717, 1.165) is 5.39 Å². The van der Waals surface area contributed by atoms with E-state index in [4.69, 9.17) is 27.9 Å². The molecule has 0 aliphatic carbocycles. The molecule has 42 heavy (non-hydrogen) atoms. The molecule has 0 saturated carbocycles. The first-order valence-corrected chi connectivity index (χ1v) is 16.5. The van der Waals surface area contributed by atoms with E-state index in [9.17, 15) is 4.79 Å². The van der Waals surface area contributed by atoms with Gasteiger partial charge in [0.25, 0.3) is 0 Å². The number of aromatic nitrogens is 2. The van der Waals surface area contributed by atoms with Gasteiger partial charge in [0.15, 0.2) is 31.4 Å². The number of hydrogen-bond donors (Lipinski definition) is 1. The summed E-state index contributed by atoms with van der Waals surface area (Å²) in [4.78, 5) is 19.2. The standard InChI is InChI=1S/C30H36N4O7Si/c1-30(2,3)42(6,7)39-18-20-15-28(33-41-20)32-29(35)34-12-13-38-25-14-19(8-9-23(25)34)40-24-10-11-31-22-17-27(37-5)26(36-4)16-21(22)24/h8-11,14-17H,12-13,18H2,1-7H3,(H,32,33,35). The van der Waals surface area contributed by atoms with Crippen LogP contribution in [0.2, 0.25) is 18.1 Å². The number of hydrogen-bond acceptors (Lipinski definition) is 9. The number of carbonyl (C=O) groups excluding carboxylic acids is 1. The second kappa shape index (κ2) is 11.5. The molecule has 2 aromatic heterocycles. The summed E-state index contributed by atoms with van der Waals surface area (Å²) in [5, 5.41) is 7.66. The van der Waals surface area contributed by atoms with Crippen molar-refractivity contribution in [2.45, 2.75) is 45.5 Å². The smallest absolute Gasteiger partial charge is 0.327 e. The Morgan fingerprint density at radius 2 is 1.81 bits per heavy atom. The number of benzene rings is 2. The molecule has 1 aliphatic rings. The fraction of sp³-hybridized carbons (Fsp3) is 0.367. The van der Waals surface area contributed by atoms with E-state index in [0.29, 0.717) is 71.3 Å². The number of anilines is 2. The molecule has 4 aromatic rings. The van der Waals surface area contributed by atoms with Crippen LogP contribution in [0, 0.1) is 0 Å². The summed E-state index contributed by atoms with van der Waals surface area (Å²) in [5.41, 5.74) is 1.31. The Labute approximate surface area is 245 Å². The van der Waals surface area contributed by atoms with Gasteiger partial charge in [-0.1, -0.05) is 25.9 Å². The molecule has 0 spiro atoms. The van der Waals surface area contributed by atoms with Crippen LogP contribution in [0.15, 0.2) is 53.2 Å². The summed E-state index contributed by atoms with van der Waals surface area (Å²) >= 11 is 0. The van der Waals surface area contributed by atoms with Gasteiger partial charge < -0.3 is 27.9 Å². The Hall–Kier alpha value is -4.29. The van der Waals surface area contributed by atoms with Crippen LogP contribution in [0.25, 0.3) is 10.9 Å². The summed E-state index contributed by atoms with van der Waals surface area (Å²) < 4.78 is 34.6. The molecule has 3 heterocycles. The van der Waals surface area contributed by atoms with Crippen molar-refractivity contribution in [1.29, 1.82) is 0 Å². The number of methoxy groups -OCH3 is 2. The van der Waals surface area contributed by atoms with Crippen LogP contribution in [0.5, 0.6) is 28.7 Å². The van der Waals surface area contributed by atoms with Crippen LogP contribution in [0.3, 0.4) is 0 Å². The van der Waals surface area contributed by atoms with Gasteiger partial charge in [-0.15, -0.1) is 0 Å². The maximum absolute atomic E-state index is 13.2. The average molecular weight is 593 g/mol. The first-order chi connectivity index (χ1) is 20.0. The van der Waals surface area contributed by atoms with Crippen molar-refractivity contribution < 1.29 is 32.7 Å². The van der Waals surface area contributed by atoms with E-state index in [2.05, 4.69) is 49.3 Å². The Balaban J connectivity index is 1.29. The largest absolute Gasteiger partial charge is 0.493 e. The number of carbonyl (C=O) groups is 1. The summed E-state index contributed by atoms with van der Waals surface area (Å²) in [5.74, 6) is 3.68. The van der Waals surface area contributed by atoms with Gasteiger partial charge in [-0.25, -0.2) is 4.79 Å². The quantitative estimate of drug-likeness (QED) is 0.216. The molecule has 0 fully saturated rings. The molecule has 222 valence electrons. The Morgan fingerprint density at radius 3 is 2.55 bits per heavy atom. The van der Waals surface area contributed by atoms with Crippen molar-refractivity contribution in [2.75, 3.05) is 37.6 Å². The van der Waals surface area contributed by atoms with Crippen molar-refractivity contribution in [3.8, 4) is 28.7 Å². The first-order valence-electron chi connectivity index (χ1n) is 13.6. The number of pyridine rings is 1. The third-order valence-corrected chi connectivity index (χ3v) is 12.1. The highest BCUT2D eigenvalue weighted by Crippen LogP contribution is 2.40. The number of nitrogens with zero attached hydrogens (tertiary/aromatic N) is 3. The minimum absolute atomic E-state index is 0.0759. The van der Waals surface area contributed by atoms with Gasteiger partial charge in [-0.3, -0.25) is 15.2 Å². The third-order valence-electron chi connectivity index (χ3n) is 7.65. The van der Waals surface area contributed by atoms with Crippen LogP contribution in [0.1, 0.15) is 26.5 Å². The topological polar surface area (TPSA) is 117 Å². The fourth-order valence-corrected chi connectivity index (χ4v) is 5.16. The van der Waals surface area contributed by atoms with Crippen molar-refractivity contribution >= 4 is 36.8 Å². The van der Waals surface area contributed by atoms with Gasteiger partial charge in [0.1, 0.15) is 23.9 Å². The van der Waals surface area contributed by atoms with Gasteiger partial charge >= 0.3 is 6.03 Å². The molecule has 12 heteroatoms. The predicted octanol–water partition coefficient (Wildman–Crippen LogP) is 6.99. The highest BCUT2D eigenvalue weighted by Gasteiger charge is 2.37. The highest BCUT2D eigenvalue weighted by atomic mass is 28.4. The zero-order chi connectivity index (χ0) is 30.1. The lowest BCUT2D eigenvalue weighted by atomic mass is 10.1. The van der Waals surface area contributed by atoms with Gasteiger partial charge in [-0.2, -0.15) is 0 Å². The van der Waals surface area contributed by atoms with Crippen molar-refractivity contribution in [3.05, 3.63) is 54.4 Å². The lowest BCUT2D eigenvalue weighted by Crippen LogP contribution is -2.40. The maximum Gasteiger partial charge on any atom is 0.327 e. The lowest BCUT2D eigenvalue weighted by molar-refractivity contribution is 0.230. The third kappa shape index (κ3) is 5.99. The molecule has 0 unspecified atom stereocenters. The van der Waals surface area contributed by atoms with Crippen LogP contribution >= 0.6 is 0 Å². The van der Waals surface area contributed by atoms with E-state index in [1.165, 1.54) is 0 Å². The maximum atomic E-state index is 13.2. The fourth-order valence-electron chi connectivity index (χ4n) is 4.22. The second-order valence-corrected chi connectivity index (χ2v) is 16.2. The normalized spacial score (nSPS) is 13.4. The number of urea groups is 1. The van der Waals surface area contributed by atoms with Gasteiger partial charge in [0.05, 0.1) is 38.6 Å². The molecular formula is C30H36N4O7Si. The van der Waals surface area contributed by atoms with E-state index in [-0.39, 0.29) is 11.1 Å². The molecule has 11 nitrogen and oxygen atoms in total. The van der Waals surface area contributed by atoms with Gasteiger partial charge in [0, 0.05) is 29.8 Å². The number of amides is 2. The van der Waals surface area contributed by atoms with Crippen LogP contribution in [-0.2, 0) is 11.0 Å². The monoisotopic (exact) mass is 592 g/mol.